The van der Waals surface area contributed by atoms with E-state index in [1.54, 1.807) is 10.3 Å². The highest BCUT2D eigenvalue weighted by molar-refractivity contribution is 7.91. The van der Waals surface area contributed by atoms with Crippen LogP contribution in [0.2, 0.25) is 0 Å². The standard InChI is InChI=1S/C16H20N4O4S2/c21-16(20-7-3-4-8-20)15-18-17-14(24-15)11-9-13(25-10-11)26(22,23)19-12-5-1-2-6-12/h9-10,12,19H,1-8H2. The van der Waals surface area contributed by atoms with Crippen LogP contribution in [0.25, 0.3) is 11.5 Å². The number of amides is 1. The van der Waals surface area contributed by atoms with Crippen LogP contribution in [0.1, 0.15) is 49.2 Å². The van der Waals surface area contributed by atoms with Crippen molar-refractivity contribution >= 4 is 27.3 Å². The van der Waals surface area contributed by atoms with Crippen LogP contribution in [0.5, 0.6) is 0 Å². The van der Waals surface area contributed by atoms with Gasteiger partial charge in [-0.3, -0.25) is 4.79 Å². The molecule has 140 valence electrons. The summed E-state index contributed by atoms with van der Waals surface area (Å²) >= 11 is 1.10. The molecule has 1 N–H and O–H groups in total. The average molecular weight is 396 g/mol. The molecule has 2 fully saturated rings. The predicted octanol–water partition coefficient (Wildman–Crippen LogP) is 2.26. The van der Waals surface area contributed by atoms with Gasteiger partial charge in [-0.1, -0.05) is 12.8 Å². The molecule has 8 nitrogen and oxygen atoms in total. The smallest absolute Gasteiger partial charge is 0.311 e. The zero-order chi connectivity index (χ0) is 18.1. The van der Waals surface area contributed by atoms with Gasteiger partial charge in [0.15, 0.2) is 0 Å². The van der Waals surface area contributed by atoms with E-state index in [2.05, 4.69) is 14.9 Å². The highest BCUT2D eigenvalue weighted by Crippen LogP contribution is 2.29. The molecule has 0 atom stereocenters. The Morgan fingerprint density at radius 1 is 1.19 bits per heavy atom. The molecule has 3 heterocycles. The van der Waals surface area contributed by atoms with Crippen LogP contribution in [-0.2, 0) is 10.0 Å². The number of nitrogens with one attached hydrogen (secondary N) is 1. The van der Waals surface area contributed by atoms with Crippen LogP contribution in [-0.4, -0.2) is 48.6 Å². The normalized spacial score (nSPS) is 18.7. The van der Waals surface area contributed by atoms with Crippen molar-refractivity contribution < 1.29 is 17.6 Å². The van der Waals surface area contributed by atoms with Crippen molar-refractivity contribution in [2.45, 2.75) is 48.8 Å². The van der Waals surface area contributed by atoms with Crippen molar-refractivity contribution in [1.82, 2.24) is 19.8 Å². The van der Waals surface area contributed by atoms with E-state index in [1.807, 2.05) is 0 Å². The summed E-state index contributed by atoms with van der Waals surface area (Å²) in [5.74, 6) is -0.167. The minimum Gasteiger partial charge on any atom is -0.412 e. The van der Waals surface area contributed by atoms with Gasteiger partial charge < -0.3 is 9.32 Å². The molecule has 1 saturated carbocycles. The third kappa shape index (κ3) is 3.53. The van der Waals surface area contributed by atoms with Crippen LogP contribution < -0.4 is 4.72 Å². The van der Waals surface area contributed by atoms with Crippen LogP contribution in [0.15, 0.2) is 20.1 Å². The van der Waals surface area contributed by atoms with Crippen molar-refractivity contribution in [1.29, 1.82) is 0 Å². The number of aromatic nitrogens is 2. The average Bonchev–Trinajstić information content (AvgIpc) is 3.41. The van der Waals surface area contributed by atoms with Gasteiger partial charge in [-0.25, -0.2) is 13.1 Å². The van der Waals surface area contributed by atoms with Gasteiger partial charge in [0.2, 0.25) is 15.9 Å². The van der Waals surface area contributed by atoms with Crippen LogP contribution >= 0.6 is 11.3 Å². The van der Waals surface area contributed by atoms with Gasteiger partial charge in [0.25, 0.3) is 0 Å². The first-order valence-electron chi connectivity index (χ1n) is 8.77. The number of rotatable bonds is 5. The fourth-order valence-corrected chi connectivity index (χ4v) is 5.85. The van der Waals surface area contributed by atoms with Gasteiger partial charge >= 0.3 is 11.8 Å². The zero-order valence-corrected chi connectivity index (χ0v) is 15.8. The fraction of sp³-hybridized carbons (Fsp3) is 0.562. The van der Waals surface area contributed by atoms with E-state index in [9.17, 15) is 13.2 Å². The molecule has 0 unspecified atom stereocenters. The summed E-state index contributed by atoms with van der Waals surface area (Å²) in [6.45, 7) is 1.40. The van der Waals surface area contributed by atoms with Gasteiger partial charge in [0, 0.05) is 24.5 Å². The Bertz CT molecular complexity index is 893. The van der Waals surface area contributed by atoms with Crippen molar-refractivity contribution in [3.63, 3.8) is 0 Å². The molecular formula is C16H20N4O4S2. The number of nitrogens with zero attached hydrogens (tertiary/aromatic N) is 3. The summed E-state index contributed by atoms with van der Waals surface area (Å²) < 4.78 is 33.4. The molecule has 2 aromatic rings. The predicted molar refractivity (Wildman–Crippen MR) is 95.3 cm³/mol. The Balaban J connectivity index is 1.50. The quantitative estimate of drug-likeness (QED) is 0.831. The van der Waals surface area contributed by atoms with E-state index in [4.69, 9.17) is 4.42 Å². The summed E-state index contributed by atoms with van der Waals surface area (Å²) in [4.78, 5) is 14.0. The first-order valence-corrected chi connectivity index (χ1v) is 11.1. The van der Waals surface area contributed by atoms with Crippen LogP contribution in [0.4, 0.5) is 0 Å². The second-order valence-electron chi connectivity index (χ2n) is 6.67. The summed E-state index contributed by atoms with van der Waals surface area (Å²) in [7, 11) is -3.55. The number of hydrogen-bond donors (Lipinski definition) is 1. The Hall–Kier alpha value is -1.78. The first-order chi connectivity index (χ1) is 12.5. The molecule has 1 amide bonds. The molecule has 2 aliphatic rings. The lowest BCUT2D eigenvalue weighted by Gasteiger charge is -2.11. The fourth-order valence-electron chi connectivity index (χ4n) is 3.37. The second-order valence-corrected chi connectivity index (χ2v) is 9.52. The number of carbonyl (C=O) groups excluding carboxylic acids is 1. The summed E-state index contributed by atoms with van der Waals surface area (Å²) in [5.41, 5.74) is 0.509. The SMILES string of the molecule is O=C(c1nnc(-c2csc(S(=O)(=O)NC3CCCC3)c2)o1)N1CCCC1. The molecule has 0 radical (unpaired) electrons. The number of carbonyl (C=O) groups is 1. The van der Waals surface area contributed by atoms with Crippen molar-refractivity contribution in [3.8, 4) is 11.5 Å². The minimum absolute atomic E-state index is 0.0126. The molecule has 1 saturated heterocycles. The van der Waals surface area contributed by atoms with E-state index >= 15 is 0 Å². The molecule has 1 aliphatic carbocycles. The third-order valence-electron chi connectivity index (χ3n) is 4.77. The Morgan fingerprint density at radius 3 is 2.65 bits per heavy atom. The Labute approximate surface area is 155 Å². The van der Waals surface area contributed by atoms with Crippen molar-refractivity contribution in [2.75, 3.05) is 13.1 Å². The molecule has 2 aromatic heterocycles. The maximum absolute atomic E-state index is 12.5. The molecule has 0 spiro atoms. The number of thiophene rings is 1. The number of sulfonamides is 1. The summed E-state index contributed by atoms with van der Waals surface area (Å²) in [5, 5.41) is 9.38. The Morgan fingerprint density at radius 2 is 1.92 bits per heavy atom. The lowest BCUT2D eigenvalue weighted by Crippen LogP contribution is -2.32. The molecule has 4 rings (SSSR count). The summed E-state index contributed by atoms with van der Waals surface area (Å²) in [6.07, 6.45) is 5.82. The topological polar surface area (TPSA) is 105 Å². The summed E-state index contributed by atoms with van der Waals surface area (Å²) in [6, 6.07) is 1.53. The molecule has 10 heteroatoms. The maximum Gasteiger partial charge on any atom is 0.311 e. The van der Waals surface area contributed by atoms with Crippen LogP contribution in [0.3, 0.4) is 0 Å². The van der Waals surface area contributed by atoms with Crippen molar-refractivity contribution in [2.24, 2.45) is 0 Å². The first kappa shape index (κ1) is 17.6. The second kappa shape index (κ2) is 7.09. The van der Waals surface area contributed by atoms with Gasteiger partial charge in [-0.05, 0) is 31.7 Å². The molecular weight excluding hydrogens is 376 g/mol. The number of likely N-dealkylation sites (tertiary alicyclic amines) is 1. The molecule has 26 heavy (non-hydrogen) atoms. The Kier molecular flexibility index (Phi) is 4.80. The zero-order valence-electron chi connectivity index (χ0n) is 14.2. The lowest BCUT2D eigenvalue weighted by atomic mass is 10.3. The van der Waals surface area contributed by atoms with Gasteiger partial charge in [-0.15, -0.1) is 21.5 Å². The van der Waals surface area contributed by atoms with Gasteiger partial charge in [0.05, 0.1) is 5.56 Å². The molecule has 1 aliphatic heterocycles. The lowest BCUT2D eigenvalue weighted by molar-refractivity contribution is 0.0754. The van der Waals surface area contributed by atoms with E-state index in [0.29, 0.717) is 18.7 Å². The van der Waals surface area contributed by atoms with Crippen molar-refractivity contribution in [3.05, 3.63) is 17.3 Å². The molecule has 0 bridgehead atoms. The maximum atomic E-state index is 12.5. The third-order valence-corrected chi connectivity index (χ3v) is 7.73. The highest BCUT2D eigenvalue weighted by atomic mass is 32.2. The minimum atomic E-state index is -3.55. The van der Waals surface area contributed by atoms with Crippen LogP contribution in [0, 0.1) is 0 Å². The highest BCUT2D eigenvalue weighted by Gasteiger charge is 2.27. The van der Waals surface area contributed by atoms with Gasteiger partial charge in [0.1, 0.15) is 4.21 Å². The molecule has 0 aromatic carbocycles. The van der Waals surface area contributed by atoms with Gasteiger partial charge in [-0.2, -0.15) is 0 Å². The van der Waals surface area contributed by atoms with E-state index in [-0.39, 0.29) is 27.9 Å². The van der Waals surface area contributed by atoms with E-state index in [0.717, 1.165) is 49.9 Å². The number of hydrogen-bond acceptors (Lipinski definition) is 7. The van der Waals surface area contributed by atoms with E-state index in [1.165, 1.54) is 6.07 Å². The monoisotopic (exact) mass is 396 g/mol. The largest absolute Gasteiger partial charge is 0.412 e. The van der Waals surface area contributed by atoms with E-state index < -0.39 is 10.0 Å².